The van der Waals surface area contributed by atoms with Gasteiger partial charge in [0.15, 0.2) is 5.65 Å². The predicted molar refractivity (Wildman–Crippen MR) is 82.5 cm³/mol. The third-order valence-corrected chi connectivity index (χ3v) is 3.97. The maximum atomic E-state index is 9.16. The average Bonchev–Trinajstić information content (AvgIpc) is 2.89. The van der Waals surface area contributed by atoms with Gasteiger partial charge >= 0.3 is 0 Å². The molecule has 0 saturated heterocycles. The van der Waals surface area contributed by atoms with E-state index in [1.807, 2.05) is 6.92 Å². The van der Waals surface area contributed by atoms with Crippen LogP contribution in [0.4, 0.5) is 11.8 Å². The van der Waals surface area contributed by atoms with Gasteiger partial charge in [-0.3, -0.25) is 5.10 Å². The molecule has 3 rings (SSSR count). The molecule has 0 radical (unpaired) electrons. The molecule has 0 aromatic carbocycles. The SMILES string of the molecule is CCNc1nc(N(CCCO)C2CCC2)c2cn[nH]c2n1. The number of H-pyrrole nitrogens is 1. The van der Waals surface area contributed by atoms with E-state index in [9.17, 15) is 0 Å². The molecule has 1 fully saturated rings. The lowest BCUT2D eigenvalue weighted by atomic mass is 9.91. The lowest BCUT2D eigenvalue weighted by Crippen LogP contribution is -2.41. The summed E-state index contributed by atoms with van der Waals surface area (Å²) in [7, 11) is 0. The van der Waals surface area contributed by atoms with E-state index >= 15 is 0 Å². The zero-order valence-corrected chi connectivity index (χ0v) is 12.3. The fourth-order valence-electron chi connectivity index (χ4n) is 2.68. The number of fused-ring (bicyclic) bond motifs is 1. The van der Waals surface area contributed by atoms with Crippen molar-refractivity contribution >= 4 is 22.8 Å². The quantitative estimate of drug-likeness (QED) is 0.716. The predicted octanol–water partition coefficient (Wildman–Crippen LogP) is 1.53. The van der Waals surface area contributed by atoms with Gasteiger partial charge < -0.3 is 15.3 Å². The number of anilines is 2. The fourth-order valence-corrected chi connectivity index (χ4v) is 2.68. The van der Waals surface area contributed by atoms with Crippen LogP contribution in [0.15, 0.2) is 6.20 Å². The summed E-state index contributed by atoms with van der Waals surface area (Å²) in [5, 5.41) is 20.3. The minimum Gasteiger partial charge on any atom is -0.396 e. The smallest absolute Gasteiger partial charge is 0.226 e. The minimum atomic E-state index is 0.197. The van der Waals surface area contributed by atoms with Crippen LogP contribution in [0, 0.1) is 0 Å². The summed E-state index contributed by atoms with van der Waals surface area (Å²) >= 11 is 0. The second-order valence-electron chi connectivity index (χ2n) is 5.39. The summed E-state index contributed by atoms with van der Waals surface area (Å²) in [5.41, 5.74) is 0.754. The topological polar surface area (TPSA) is 90.0 Å². The van der Waals surface area contributed by atoms with Crippen molar-refractivity contribution in [3.8, 4) is 0 Å². The van der Waals surface area contributed by atoms with Gasteiger partial charge in [-0.25, -0.2) is 0 Å². The Kier molecular flexibility index (Phi) is 4.19. The summed E-state index contributed by atoms with van der Waals surface area (Å²) < 4.78 is 0. The first-order valence-electron chi connectivity index (χ1n) is 7.66. The standard InChI is InChI=1S/C14H22N6O/c1-2-15-14-17-12-11(9-16-19-12)13(18-14)20(7-4-8-21)10-5-3-6-10/h9-10,21H,2-8H2,1H3,(H2,15,16,17,18,19). The highest BCUT2D eigenvalue weighted by Gasteiger charge is 2.27. The van der Waals surface area contributed by atoms with E-state index in [1.165, 1.54) is 19.3 Å². The zero-order valence-electron chi connectivity index (χ0n) is 12.3. The van der Waals surface area contributed by atoms with Crippen molar-refractivity contribution in [2.75, 3.05) is 29.9 Å². The maximum Gasteiger partial charge on any atom is 0.226 e. The maximum absolute atomic E-state index is 9.16. The molecule has 7 nitrogen and oxygen atoms in total. The van der Waals surface area contributed by atoms with Crippen molar-refractivity contribution in [2.24, 2.45) is 0 Å². The van der Waals surface area contributed by atoms with Crippen molar-refractivity contribution in [3.05, 3.63) is 6.20 Å². The van der Waals surface area contributed by atoms with Crippen LogP contribution in [0.25, 0.3) is 11.0 Å². The van der Waals surface area contributed by atoms with Crippen molar-refractivity contribution in [1.82, 2.24) is 20.2 Å². The van der Waals surface area contributed by atoms with Gasteiger partial charge in [0.05, 0.1) is 11.6 Å². The Hall–Kier alpha value is -1.89. The van der Waals surface area contributed by atoms with E-state index in [4.69, 9.17) is 5.11 Å². The van der Waals surface area contributed by atoms with Crippen LogP contribution in [-0.4, -0.2) is 51.0 Å². The Morgan fingerprint density at radius 1 is 1.43 bits per heavy atom. The Labute approximate surface area is 123 Å². The molecule has 0 unspecified atom stereocenters. The Bertz CT molecular complexity index is 594. The number of nitrogens with zero attached hydrogens (tertiary/aromatic N) is 4. The fraction of sp³-hybridized carbons (Fsp3) is 0.643. The minimum absolute atomic E-state index is 0.197. The Morgan fingerprint density at radius 2 is 2.29 bits per heavy atom. The molecule has 2 aromatic heterocycles. The van der Waals surface area contributed by atoms with Crippen LogP contribution in [0.1, 0.15) is 32.6 Å². The summed E-state index contributed by atoms with van der Waals surface area (Å²) in [6.45, 7) is 3.81. The summed E-state index contributed by atoms with van der Waals surface area (Å²) in [6, 6.07) is 0.513. The van der Waals surface area contributed by atoms with E-state index in [0.29, 0.717) is 12.0 Å². The third-order valence-electron chi connectivity index (χ3n) is 3.97. The molecule has 3 N–H and O–H groups in total. The lowest BCUT2D eigenvalue weighted by molar-refractivity contribution is 0.282. The molecule has 114 valence electrons. The summed E-state index contributed by atoms with van der Waals surface area (Å²) in [5.74, 6) is 1.54. The van der Waals surface area contributed by atoms with E-state index in [0.717, 1.165) is 36.4 Å². The van der Waals surface area contributed by atoms with Gasteiger partial charge in [-0.15, -0.1) is 0 Å². The average molecular weight is 290 g/mol. The zero-order chi connectivity index (χ0) is 14.7. The summed E-state index contributed by atoms with van der Waals surface area (Å²) in [4.78, 5) is 11.4. The Balaban J connectivity index is 1.99. The first-order valence-corrected chi connectivity index (χ1v) is 7.66. The van der Waals surface area contributed by atoms with Gasteiger partial charge in [0.25, 0.3) is 0 Å². The highest BCUT2D eigenvalue weighted by atomic mass is 16.3. The van der Waals surface area contributed by atoms with Crippen LogP contribution in [0.5, 0.6) is 0 Å². The number of aliphatic hydroxyl groups excluding tert-OH is 1. The van der Waals surface area contributed by atoms with Gasteiger partial charge in [0.2, 0.25) is 5.95 Å². The first-order chi connectivity index (χ1) is 10.3. The number of hydrogen-bond acceptors (Lipinski definition) is 6. The molecule has 1 aliphatic rings. The van der Waals surface area contributed by atoms with E-state index in [-0.39, 0.29) is 6.61 Å². The highest BCUT2D eigenvalue weighted by molar-refractivity contribution is 5.87. The number of aromatic nitrogens is 4. The number of aliphatic hydroxyl groups is 1. The van der Waals surface area contributed by atoms with Crippen molar-refractivity contribution < 1.29 is 5.11 Å². The van der Waals surface area contributed by atoms with Gasteiger partial charge in [0, 0.05) is 25.7 Å². The molecule has 1 saturated carbocycles. The number of aromatic amines is 1. The van der Waals surface area contributed by atoms with Crippen LogP contribution in [0.3, 0.4) is 0 Å². The van der Waals surface area contributed by atoms with Gasteiger partial charge in [0.1, 0.15) is 5.82 Å². The monoisotopic (exact) mass is 290 g/mol. The lowest BCUT2D eigenvalue weighted by Gasteiger charge is -2.38. The van der Waals surface area contributed by atoms with Crippen LogP contribution < -0.4 is 10.2 Å². The number of hydrogen-bond donors (Lipinski definition) is 3. The van der Waals surface area contributed by atoms with Gasteiger partial charge in [-0.2, -0.15) is 15.1 Å². The van der Waals surface area contributed by atoms with Gasteiger partial charge in [-0.1, -0.05) is 0 Å². The van der Waals surface area contributed by atoms with Crippen LogP contribution in [0.2, 0.25) is 0 Å². The van der Waals surface area contributed by atoms with Crippen LogP contribution >= 0.6 is 0 Å². The molecule has 7 heteroatoms. The molecule has 0 atom stereocenters. The van der Waals surface area contributed by atoms with Crippen molar-refractivity contribution in [3.63, 3.8) is 0 Å². The van der Waals surface area contributed by atoms with E-state index in [1.54, 1.807) is 6.20 Å². The first kappa shape index (κ1) is 14.1. The molecule has 0 spiro atoms. The number of nitrogens with one attached hydrogen (secondary N) is 2. The molecular weight excluding hydrogens is 268 g/mol. The molecular formula is C14H22N6O. The van der Waals surface area contributed by atoms with Crippen LogP contribution in [-0.2, 0) is 0 Å². The molecule has 21 heavy (non-hydrogen) atoms. The normalized spacial score (nSPS) is 15.1. The van der Waals surface area contributed by atoms with Gasteiger partial charge in [-0.05, 0) is 32.6 Å². The molecule has 2 heterocycles. The molecule has 2 aromatic rings. The highest BCUT2D eigenvalue weighted by Crippen LogP contribution is 2.32. The summed E-state index contributed by atoms with van der Waals surface area (Å²) in [6.07, 6.45) is 6.16. The van der Waals surface area contributed by atoms with Crippen molar-refractivity contribution in [1.29, 1.82) is 0 Å². The molecule has 0 bridgehead atoms. The van der Waals surface area contributed by atoms with E-state index < -0.39 is 0 Å². The third kappa shape index (κ3) is 2.78. The molecule has 0 aliphatic heterocycles. The Morgan fingerprint density at radius 3 is 2.95 bits per heavy atom. The molecule has 1 aliphatic carbocycles. The second kappa shape index (κ2) is 6.26. The largest absolute Gasteiger partial charge is 0.396 e. The molecule has 0 amide bonds. The number of rotatable bonds is 7. The van der Waals surface area contributed by atoms with Crippen molar-refractivity contribution in [2.45, 2.75) is 38.6 Å². The van der Waals surface area contributed by atoms with E-state index in [2.05, 4.69) is 30.4 Å². The second-order valence-corrected chi connectivity index (χ2v) is 5.39.